The van der Waals surface area contributed by atoms with Crippen molar-refractivity contribution in [2.45, 2.75) is 31.7 Å². The third kappa shape index (κ3) is 1.38. The summed E-state index contributed by atoms with van der Waals surface area (Å²) in [5.74, 6) is -2.29. The summed E-state index contributed by atoms with van der Waals surface area (Å²) in [6, 6.07) is -2.05. The number of amides is 6. The largest absolute Gasteiger partial charge is 0.331 e. The average molecular weight is 279 g/mol. The van der Waals surface area contributed by atoms with E-state index < -0.39 is 41.1 Å². The number of barbiturate groups is 1. The fraction of sp³-hybridized carbons (Fsp3) is 0.583. The van der Waals surface area contributed by atoms with Crippen molar-refractivity contribution in [1.29, 1.82) is 0 Å². The lowest BCUT2D eigenvalue weighted by atomic mass is 9.66. The zero-order valence-electron chi connectivity index (χ0n) is 10.8. The lowest BCUT2D eigenvalue weighted by Crippen LogP contribution is -2.68. The van der Waals surface area contributed by atoms with E-state index in [9.17, 15) is 24.0 Å². The van der Waals surface area contributed by atoms with Gasteiger partial charge in [0.2, 0.25) is 17.7 Å². The lowest BCUT2D eigenvalue weighted by molar-refractivity contribution is -0.161. The van der Waals surface area contributed by atoms with E-state index in [1.54, 1.807) is 0 Å². The van der Waals surface area contributed by atoms with Crippen LogP contribution in [0, 0.1) is 5.41 Å². The Balaban J connectivity index is 1.95. The second kappa shape index (κ2) is 3.87. The van der Waals surface area contributed by atoms with Gasteiger partial charge in [0, 0.05) is 7.05 Å². The second-order valence-electron chi connectivity index (χ2n) is 5.38. The van der Waals surface area contributed by atoms with Gasteiger partial charge in [0.25, 0.3) is 5.91 Å². The molecular weight excluding hydrogens is 266 g/mol. The third-order valence-corrected chi connectivity index (χ3v) is 4.38. The summed E-state index contributed by atoms with van der Waals surface area (Å²) in [4.78, 5) is 61.3. The lowest BCUT2D eigenvalue weighted by Gasteiger charge is -2.45. The van der Waals surface area contributed by atoms with Gasteiger partial charge >= 0.3 is 6.03 Å². The Hall–Kier alpha value is -2.25. The molecule has 3 rings (SSSR count). The van der Waals surface area contributed by atoms with Crippen molar-refractivity contribution in [1.82, 2.24) is 15.1 Å². The first-order valence-corrected chi connectivity index (χ1v) is 6.38. The maximum absolute atomic E-state index is 12.5. The molecule has 20 heavy (non-hydrogen) atoms. The van der Waals surface area contributed by atoms with Gasteiger partial charge in [-0.1, -0.05) is 6.42 Å². The van der Waals surface area contributed by atoms with Crippen LogP contribution in [0.15, 0.2) is 0 Å². The number of carbonyl (C=O) groups excluding carboxylic acids is 5. The minimum atomic E-state index is -1.22. The quantitative estimate of drug-likeness (QED) is 0.489. The Kier molecular flexibility index (Phi) is 2.47. The second-order valence-corrected chi connectivity index (χ2v) is 5.38. The van der Waals surface area contributed by atoms with E-state index in [0.29, 0.717) is 12.8 Å². The standard InChI is InChI=1S/C12H13N3O5/c1-14-7(16)5-6(8(14)17)15-10(19)12(3-2-4-12)9(18)13-11(15)20/h6H,2-5H2,1H3,(H,13,18,20). The van der Waals surface area contributed by atoms with Crippen molar-refractivity contribution in [3.05, 3.63) is 0 Å². The van der Waals surface area contributed by atoms with Crippen LogP contribution in [0.4, 0.5) is 4.79 Å². The van der Waals surface area contributed by atoms with Crippen LogP contribution in [0.1, 0.15) is 25.7 Å². The molecule has 0 aromatic rings. The van der Waals surface area contributed by atoms with Gasteiger partial charge in [-0.05, 0) is 12.8 Å². The Bertz CT molecular complexity index is 565. The van der Waals surface area contributed by atoms with Crippen molar-refractivity contribution in [2.75, 3.05) is 7.05 Å². The number of nitrogens with zero attached hydrogens (tertiary/aromatic N) is 2. The number of nitrogens with one attached hydrogen (secondary N) is 1. The molecular formula is C12H13N3O5. The van der Waals surface area contributed by atoms with E-state index in [0.717, 1.165) is 16.2 Å². The van der Waals surface area contributed by atoms with Crippen LogP contribution in [0.2, 0.25) is 0 Å². The van der Waals surface area contributed by atoms with Crippen molar-refractivity contribution in [3.8, 4) is 0 Å². The summed E-state index contributed by atoms with van der Waals surface area (Å²) in [5.41, 5.74) is -1.22. The molecule has 1 unspecified atom stereocenters. The van der Waals surface area contributed by atoms with Gasteiger partial charge in [-0.2, -0.15) is 0 Å². The van der Waals surface area contributed by atoms with E-state index in [-0.39, 0.29) is 6.42 Å². The predicted octanol–water partition coefficient (Wildman–Crippen LogP) is -1.01. The molecule has 106 valence electrons. The number of imide groups is 3. The number of likely N-dealkylation sites (tertiary alicyclic amines) is 1. The highest BCUT2D eigenvalue weighted by atomic mass is 16.2. The SMILES string of the molecule is CN1C(=O)CC(N2C(=O)NC(=O)C3(CCC3)C2=O)C1=O. The van der Waals surface area contributed by atoms with Crippen LogP contribution in [-0.2, 0) is 19.2 Å². The normalized spacial score (nSPS) is 29.1. The fourth-order valence-electron chi connectivity index (χ4n) is 2.89. The molecule has 2 heterocycles. The van der Waals surface area contributed by atoms with Crippen LogP contribution in [0.25, 0.3) is 0 Å². The molecule has 2 aliphatic heterocycles. The highest BCUT2D eigenvalue weighted by molar-refractivity contribution is 6.22. The van der Waals surface area contributed by atoms with Crippen LogP contribution < -0.4 is 5.32 Å². The van der Waals surface area contributed by atoms with E-state index >= 15 is 0 Å². The minimum absolute atomic E-state index is 0.223. The highest BCUT2D eigenvalue weighted by Gasteiger charge is 2.60. The van der Waals surface area contributed by atoms with Crippen LogP contribution in [0.3, 0.4) is 0 Å². The van der Waals surface area contributed by atoms with Crippen LogP contribution >= 0.6 is 0 Å². The van der Waals surface area contributed by atoms with Gasteiger partial charge < -0.3 is 0 Å². The predicted molar refractivity (Wildman–Crippen MR) is 62.9 cm³/mol. The summed E-state index contributed by atoms with van der Waals surface area (Å²) >= 11 is 0. The highest BCUT2D eigenvalue weighted by Crippen LogP contribution is 2.45. The number of hydrogen-bond donors (Lipinski definition) is 1. The van der Waals surface area contributed by atoms with Gasteiger partial charge in [0.15, 0.2) is 0 Å². The molecule has 0 aromatic heterocycles. The number of hydrogen-bond acceptors (Lipinski definition) is 5. The van der Waals surface area contributed by atoms with Crippen molar-refractivity contribution in [3.63, 3.8) is 0 Å². The molecule has 2 saturated heterocycles. The maximum atomic E-state index is 12.5. The third-order valence-electron chi connectivity index (χ3n) is 4.38. The number of urea groups is 1. The Morgan fingerprint density at radius 1 is 1.15 bits per heavy atom. The minimum Gasteiger partial charge on any atom is -0.284 e. The molecule has 0 radical (unpaired) electrons. The van der Waals surface area contributed by atoms with E-state index in [2.05, 4.69) is 5.32 Å². The zero-order valence-corrected chi connectivity index (χ0v) is 10.8. The summed E-state index contributed by atoms with van der Waals surface area (Å²) in [7, 11) is 1.31. The summed E-state index contributed by atoms with van der Waals surface area (Å²) in [5, 5.41) is 2.12. The molecule has 3 fully saturated rings. The molecule has 1 atom stereocenters. The van der Waals surface area contributed by atoms with Crippen LogP contribution in [0.5, 0.6) is 0 Å². The molecule has 1 N–H and O–H groups in total. The number of likely N-dealkylation sites (N-methyl/N-ethyl adjacent to an activating group) is 1. The maximum Gasteiger partial charge on any atom is 0.331 e. The van der Waals surface area contributed by atoms with Gasteiger partial charge in [0.05, 0.1) is 6.42 Å². The van der Waals surface area contributed by atoms with E-state index in [4.69, 9.17) is 0 Å². The average Bonchev–Trinajstić information content (AvgIpc) is 2.55. The van der Waals surface area contributed by atoms with Gasteiger partial charge in [0.1, 0.15) is 11.5 Å². The van der Waals surface area contributed by atoms with Gasteiger partial charge in [-0.25, -0.2) is 9.69 Å². The summed E-state index contributed by atoms with van der Waals surface area (Å²) < 4.78 is 0. The van der Waals surface area contributed by atoms with E-state index in [1.165, 1.54) is 7.05 Å². The van der Waals surface area contributed by atoms with Gasteiger partial charge in [-0.15, -0.1) is 0 Å². The van der Waals surface area contributed by atoms with Crippen molar-refractivity contribution >= 4 is 29.7 Å². The first-order valence-electron chi connectivity index (χ1n) is 6.38. The summed E-state index contributed by atoms with van der Waals surface area (Å²) in [6.07, 6.45) is 1.23. The molecule has 1 aliphatic carbocycles. The molecule has 0 aromatic carbocycles. The fourth-order valence-corrected chi connectivity index (χ4v) is 2.89. The van der Waals surface area contributed by atoms with Crippen LogP contribution in [-0.4, -0.2) is 52.5 Å². The monoisotopic (exact) mass is 279 g/mol. The molecule has 1 spiro atoms. The first kappa shape index (κ1) is 12.8. The topological polar surface area (TPSA) is 104 Å². The Morgan fingerprint density at radius 3 is 2.25 bits per heavy atom. The molecule has 3 aliphatic rings. The molecule has 6 amide bonds. The zero-order chi connectivity index (χ0) is 14.7. The van der Waals surface area contributed by atoms with Crippen molar-refractivity contribution < 1.29 is 24.0 Å². The van der Waals surface area contributed by atoms with Crippen molar-refractivity contribution in [2.24, 2.45) is 5.41 Å². The first-order chi connectivity index (χ1) is 9.38. The Labute approximate surface area is 114 Å². The van der Waals surface area contributed by atoms with Gasteiger partial charge in [-0.3, -0.25) is 29.4 Å². The number of rotatable bonds is 1. The molecule has 8 heteroatoms. The molecule has 0 bridgehead atoms. The Morgan fingerprint density at radius 2 is 1.80 bits per heavy atom. The smallest absolute Gasteiger partial charge is 0.284 e. The van der Waals surface area contributed by atoms with E-state index in [1.807, 2.05) is 0 Å². The molecule has 1 saturated carbocycles. The molecule has 8 nitrogen and oxygen atoms in total. The number of carbonyl (C=O) groups is 5. The summed E-state index contributed by atoms with van der Waals surface area (Å²) in [6.45, 7) is 0.